The molecule has 0 aromatic heterocycles. The second kappa shape index (κ2) is 10.1. The number of para-hydroxylation sites is 1. The summed E-state index contributed by atoms with van der Waals surface area (Å²) in [6.45, 7) is 0. The second-order valence-corrected chi connectivity index (χ2v) is 8.27. The summed E-state index contributed by atoms with van der Waals surface area (Å²) >= 11 is 0. The number of hydrogen-bond acceptors (Lipinski definition) is 4. The molecule has 170 valence electrons. The molecule has 0 heterocycles. The minimum Gasteiger partial charge on any atom is -0.345 e. The minimum atomic E-state index is 0.417. The van der Waals surface area contributed by atoms with E-state index in [1.54, 1.807) is 12.1 Å². The molecule has 5 aromatic carbocycles. The Hall–Kier alpha value is -4.70. The fraction of sp³-hybridized carbons (Fsp3) is 0.0323. The average Bonchev–Trinajstić information content (AvgIpc) is 2.95. The Morgan fingerprint density at radius 3 is 1.60 bits per heavy atom. The van der Waals surface area contributed by atoms with Crippen LogP contribution in [0, 0.1) is 4.91 Å². The summed E-state index contributed by atoms with van der Waals surface area (Å²) in [4.78, 5) is 15.2. The van der Waals surface area contributed by atoms with Crippen LogP contribution in [0.2, 0.25) is 0 Å². The normalized spacial score (nSPS) is 10.5. The van der Waals surface area contributed by atoms with Gasteiger partial charge in [0.05, 0.1) is 0 Å². The fourth-order valence-corrected chi connectivity index (χ4v) is 4.19. The number of nitrogens with zero attached hydrogens (tertiary/aromatic N) is 3. The van der Waals surface area contributed by atoms with Gasteiger partial charge in [0.1, 0.15) is 5.69 Å². The number of benzene rings is 5. The van der Waals surface area contributed by atoms with E-state index in [4.69, 9.17) is 0 Å². The molecule has 0 atom stereocenters. The molecule has 0 unspecified atom stereocenters. The van der Waals surface area contributed by atoms with Gasteiger partial charge in [-0.3, -0.25) is 0 Å². The zero-order chi connectivity index (χ0) is 24.0. The predicted octanol–water partition coefficient (Wildman–Crippen LogP) is 8.99. The lowest BCUT2D eigenvalue weighted by Gasteiger charge is -2.27. The zero-order valence-corrected chi connectivity index (χ0v) is 19.5. The summed E-state index contributed by atoms with van der Waals surface area (Å²) in [5.74, 6) is 0. The molecule has 0 aliphatic carbocycles. The first kappa shape index (κ1) is 22.1. The van der Waals surface area contributed by atoms with Crippen molar-refractivity contribution >= 4 is 34.1 Å². The first-order valence-corrected chi connectivity index (χ1v) is 11.5. The lowest BCUT2D eigenvalue weighted by Crippen LogP contribution is -2.11. The van der Waals surface area contributed by atoms with Crippen molar-refractivity contribution in [1.82, 2.24) is 0 Å². The molecule has 0 spiro atoms. The molecule has 0 amide bonds. The van der Waals surface area contributed by atoms with Crippen LogP contribution in [0.25, 0.3) is 11.1 Å². The van der Waals surface area contributed by atoms with E-state index in [-0.39, 0.29) is 0 Å². The van der Waals surface area contributed by atoms with Gasteiger partial charge in [-0.15, -0.1) is 4.91 Å². The SMILES string of the molecule is CN(c1ccc(N(c2ccccc2)c2ccc(-c3ccccc3)cc2)cc1)c1cccc(N=O)c1. The average molecular weight is 456 g/mol. The molecule has 0 saturated carbocycles. The van der Waals surface area contributed by atoms with Gasteiger partial charge in [0.15, 0.2) is 0 Å². The largest absolute Gasteiger partial charge is 0.345 e. The quantitative estimate of drug-likeness (QED) is 0.230. The maximum atomic E-state index is 10.9. The van der Waals surface area contributed by atoms with Gasteiger partial charge in [0.25, 0.3) is 0 Å². The van der Waals surface area contributed by atoms with Crippen molar-refractivity contribution in [1.29, 1.82) is 0 Å². The van der Waals surface area contributed by atoms with Crippen LogP contribution >= 0.6 is 0 Å². The van der Waals surface area contributed by atoms with Crippen LogP contribution in [0.4, 0.5) is 34.1 Å². The van der Waals surface area contributed by atoms with Crippen molar-refractivity contribution in [3.05, 3.63) is 138 Å². The molecule has 4 heteroatoms. The molecule has 0 radical (unpaired) electrons. The molecule has 0 N–H and O–H groups in total. The van der Waals surface area contributed by atoms with E-state index in [1.165, 1.54) is 11.1 Å². The van der Waals surface area contributed by atoms with E-state index < -0.39 is 0 Å². The maximum Gasteiger partial charge on any atom is 0.110 e. The molecular weight excluding hydrogens is 430 g/mol. The summed E-state index contributed by atoms with van der Waals surface area (Å²) in [6.07, 6.45) is 0. The van der Waals surface area contributed by atoms with E-state index in [2.05, 4.69) is 107 Å². The number of rotatable bonds is 7. The summed E-state index contributed by atoms with van der Waals surface area (Å²) < 4.78 is 0. The summed E-state index contributed by atoms with van der Waals surface area (Å²) in [5, 5.41) is 3.05. The van der Waals surface area contributed by atoms with Crippen LogP contribution in [0.5, 0.6) is 0 Å². The van der Waals surface area contributed by atoms with Gasteiger partial charge >= 0.3 is 0 Å². The van der Waals surface area contributed by atoms with Crippen LogP contribution in [0.3, 0.4) is 0 Å². The number of hydrogen-bond donors (Lipinski definition) is 0. The van der Waals surface area contributed by atoms with Gasteiger partial charge in [-0.25, -0.2) is 0 Å². The van der Waals surface area contributed by atoms with Crippen molar-refractivity contribution in [3.63, 3.8) is 0 Å². The maximum absolute atomic E-state index is 10.9. The highest BCUT2D eigenvalue weighted by atomic mass is 16.3. The van der Waals surface area contributed by atoms with E-state index in [0.717, 1.165) is 28.4 Å². The van der Waals surface area contributed by atoms with Crippen molar-refractivity contribution in [3.8, 4) is 11.1 Å². The Morgan fingerprint density at radius 1 is 0.486 bits per heavy atom. The van der Waals surface area contributed by atoms with E-state index in [0.29, 0.717) is 5.69 Å². The van der Waals surface area contributed by atoms with Crippen LogP contribution in [0.15, 0.2) is 139 Å². The molecule has 0 aliphatic heterocycles. The third-order valence-corrected chi connectivity index (χ3v) is 6.06. The topological polar surface area (TPSA) is 35.9 Å². The van der Waals surface area contributed by atoms with Gasteiger partial charge in [-0.1, -0.05) is 66.7 Å². The Kier molecular flexibility index (Phi) is 6.35. The van der Waals surface area contributed by atoms with E-state index in [9.17, 15) is 4.91 Å². The third-order valence-electron chi connectivity index (χ3n) is 6.06. The molecular formula is C31H25N3O. The molecule has 35 heavy (non-hydrogen) atoms. The van der Waals surface area contributed by atoms with E-state index >= 15 is 0 Å². The lowest BCUT2D eigenvalue weighted by molar-refractivity contribution is 1.20. The smallest absolute Gasteiger partial charge is 0.110 e. The Bertz CT molecular complexity index is 1400. The summed E-state index contributed by atoms with van der Waals surface area (Å²) in [5.41, 5.74) is 7.96. The molecule has 0 aliphatic rings. The molecule has 0 bridgehead atoms. The molecule has 4 nitrogen and oxygen atoms in total. The number of nitroso groups, excluding NO2 is 1. The van der Waals surface area contributed by atoms with Gasteiger partial charge in [-0.05, 0) is 83.0 Å². The van der Waals surface area contributed by atoms with Gasteiger partial charge < -0.3 is 9.80 Å². The Labute approximate surface area is 205 Å². The highest BCUT2D eigenvalue weighted by Crippen LogP contribution is 2.37. The van der Waals surface area contributed by atoms with Crippen LogP contribution in [-0.2, 0) is 0 Å². The summed E-state index contributed by atoms with van der Waals surface area (Å²) in [6, 6.07) is 45.1. The zero-order valence-electron chi connectivity index (χ0n) is 19.5. The Morgan fingerprint density at radius 2 is 0.971 bits per heavy atom. The van der Waals surface area contributed by atoms with E-state index in [1.807, 2.05) is 36.2 Å². The fourth-order valence-electron chi connectivity index (χ4n) is 4.19. The van der Waals surface area contributed by atoms with Crippen molar-refractivity contribution in [2.24, 2.45) is 5.18 Å². The van der Waals surface area contributed by atoms with Gasteiger partial charge in [0, 0.05) is 35.5 Å². The van der Waals surface area contributed by atoms with Crippen molar-refractivity contribution in [2.45, 2.75) is 0 Å². The molecule has 5 rings (SSSR count). The van der Waals surface area contributed by atoms with Crippen LogP contribution in [0.1, 0.15) is 0 Å². The number of anilines is 5. The third kappa shape index (κ3) is 4.82. The standard InChI is InChI=1S/C31H25N3O/c1-33(31-14-8-11-26(23-31)32-35)27-19-21-30(22-20-27)34(28-12-6-3-7-13-28)29-17-15-25(16-18-29)24-9-4-2-5-10-24/h2-23H,1H3. The first-order valence-electron chi connectivity index (χ1n) is 11.5. The molecule has 5 aromatic rings. The minimum absolute atomic E-state index is 0.417. The highest BCUT2D eigenvalue weighted by Gasteiger charge is 2.13. The monoisotopic (exact) mass is 455 g/mol. The van der Waals surface area contributed by atoms with Crippen molar-refractivity contribution < 1.29 is 0 Å². The Balaban J connectivity index is 1.48. The second-order valence-electron chi connectivity index (χ2n) is 8.27. The first-order chi connectivity index (χ1) is 17.2. The van der Waals surface area contributed by atoms with Crippen LogP contribution < -0.4 is 9.80 Å². The lowest BCUT2D eigenvalue weighted by atomic mass is 10.0. The predicted molar refractivity (Wildman–Crippen MR) is 147 cm³/mol. The highest BCUT2D eigenvalue weighted by molar-refractivity contribution is 5.79. The molecule has 0 saturated heterocycles. The van der Waals surface area contributed by atoms with Gasteiger partial charge in [-0.2, -0.15) is 0 Å². The summed E-state index contributed by atoms with van der Waals surface area (Å²) in [7, 11) is 1.98. The van der Waals surface area contributed by atoms with Crippen molar-refractivity contribution in [2.75, 3.05) is 16.8 Å². The van der Waals surface area contributed by atoms with Gasteiger partial charge in [0.2, 0.25) is 0 Å². The molecule has 0 fully saturated rings. The van der Waals surface area contributed by atoms with Crippen LogP contribution in [-0.4, -0.2) is 7.05 Å².